The van der Waals surface area contributed by atoms with E-state index in [0.29, 0.717) is 11.1 Å². The quantitative estimate of drug-likeness (QED) is 0.789. The first-order valence-electron chi connectivity index (χ1n) is 5.26. The Morgan fingerprint density at radius 3 is 2.41 bits per heavy atom. The number of rotatable bonds is 2. The summed E-state index contributed by atoms with van der Waals surface area (Å²) in [6.07, 6.45) is 3.70. The summed E-state index contributed by atoms with van der Waals surface area (Å²) in [5.74, 6) is 0.0298. The van der Waals surface area contributed by atoms with Gasteiger partial charge in [0.15, 0.2) is 0 Å². The van der Waals surface area contributed by atoms with Gasteiger partial charge in [-0.1, -0.05) is 54.6 Å². The first kappa shape index (κ1) is 11.0. The average molecular weight is 221 g/mol. The van der Waals surface area contributed by atoms with Crippen LogP contribution >= 0.6 is 0 Å². The molecule has 82 valence electrons. The molecule has 2 aromatic carbocycles. The predicted octanol–water partition coefficient (Wildman–Crippen LogP) is 3.43. The van der Waals surface area contributed by atoms with Crippen LogP contribution in [0.3, 0.4) is 0 Å². The zero-order valence-electron chi connectivity index (χ0n) is 9.17. The minimum Gasteiger partial charge on any atom is -0.506 e. The molecule has 2 aromatic rings. The second-order valence-electron chi connectivity index (χ2n) is 3.60. The highest BCUT2D eigenvalue weighted by Gasteiger charge is 2.02. The number of para-hydroxylation sites is 1. The summed E-state index contributed by atoms with van der Waals surface area (Å²) in [7, 11) is 0. The van der Waals surface area contributed by atoms with E-state index >= 15 is 0 Å². The van der Waals surface area contributed by atoms with E-state index in [1.807, 2.05) is 42.5 Å². The first-order valence-corrected chi connectivity index (χ1v) is 5.26. The van der Waals surface area contributed by atoms with Crippen molar-refractivity contribution in [2.75, 3.05) is 0 Å². The molecular formula is C15H11NO. The molecule has 0 aromatic heterocycles. The fourth-order valence-electron chi connectivity index (χ4n) is 1.54. The van der Waals surface area contributed by atoms with E-state index in [4.69, 9.17) is 5.26 Å². The van der Waals surface area contributed by atoms with E-state index in [-0.39, 0.29) is 5.75 Å². The topological polar surface area (TPSA) is 44.0 Å². The summed E-state index contributed by atoms with van der Waals surface area (Å²) >= 11 is 0. The Bertz CT molecular complexity index is 580. The van der Waals surface area contributed by atoms with Gasteiger partial charge < -0.3 is 5.11 Å². The molecule has 2 heteroatoms. The highest BCUT2D eigenvalue weighted by molar-refractivity contribution is 5.73. The molecule has 0 aliphatic rings. The van der Waals surface area contributed by atoms with Gasteiger partial charge in [0.2, 0.25) is 0 Å². The van der Waals surface area contributed by atoms with Gasteiger partial charge in [-0.3, -0.25) is 0 Å². The van der Waals surface area contributed by atoms with Crippen molar-refractivity contribution in [3.63, 3.8) is 0 Å². The standard InChI is InChI=1S/C15H11NO/c16-11-14-8-4-7-13(15(14)17)10-9-12-5-2-1-3-6-12/h1-10,17H/b10-9+. The second-order valence-corrected chi connectivity index (χ2v) is 3.60. The molecule has 0 spiro atoms. The van der Waals surface area contributed by atoms with Crippen molar-refractivity contribution in [1.82, 2.24) is 0 Å². The fraction of sp³-hybridized carbons (Fsp3) is 0. The highest BCUT2D eigenvalue weighted by Crippen LogP contribution is 2.23. The second kappa shape index (κ2) is 5.00. The van der Waals surface area contributed by atoms with E-state index < -0.39 is 0 Å². The Labute approximate surface area is 100 Å². The first-order chi connectivity index (χ1) is 8.31. The molecule has 0 radical (unpaired) electrons. The van der Waals surface area contributed by atoms with E-state index in [9.17, 15) is 5.11 Å². The number of phenolic OH excluding ortho intramolecular Hbond substituents is 1. The summed E-state index contributed by atoms with van der Waals surface area (Å²) in [4.78, 5) is 0. The van der Waals surface area contributed by atoms with Crippen LogP contribution in [-0.4, -0.2) is 5.11 Å². The zero-order valence-corrected chi connectivity index (χ0v) is 9.17. The number of nitriles is 1. The van der Waals surface area contributed by atoms with Gasteiger partial charge in [-0.05, 0) is 11.6 Å². The molecular weight excluding hydrogens is 210 g/mol. The van der Waals surface area contributed by atoms with Crippen LogP contribution < -0.4 is 0 Å². The number of hydrogen-bond donors (Lipinski definition) is 1. The maximum Gasteiger partial charge on any atom is 0.140 e. The molecule has 0 aliphatic heterocycles. The van der Waals surface area contributed by atoms with Crippen molar-refractivity contribution in [2.24, 2.45) is 0 Å². The lowest BCUT2D eigenvalue weighted by atomic mass is 10.1. The highest BCUT2D eigenvalue weighted by atomic mass is 16.3. The van der Waals surface area contributed by atoms with Gasteiger partial charge in [-0.2, -0.15) is 5.26 Å². The van der Waals surface area contributed by atoms with E-state index in [1.165, 1.54) is 0 Å². The number of hydrogen-bond acceptors (Lipinski definition) is 2. The van der Waals surface area contributed by atoms with E-state index in [1.54, 1.807) is 24.3 Å². The summed E-state index contributed by atoms with van der Waals surface area (Å²) < 4.78 is 0. The molecule has 0 heterocycles. The van der Waals surface area contributed by atoms with E-state index in [2.05, 4.69) is 0 Å². The summed E-state index contributed by atoms with van der Waals surface area (Å²) in [5.41, 5.74) is 1.99. The minimum absolute atomic E-state index is 0.0298. The molecule has 1 N–H and O–H groups in total. The molecule has 0 bridgehead atoms. The molecule has 2 nitrogen and oxygen atoms in total. The minimum atomic E-state index is 0.0298. The van der Waals surface area contributed by atoms with Crippen LogP contribution in [0.4, 0.5) is 0 Å². The number of aromatic hydroxyl groups is 1. The third-order valence-electron chi connectivity index (χ3n) is 2.44. The Morgan fingerprint density at radius 2 is 1.71 bits per heavy atom. The van der Waals surface area contributed by atoms with Crippen molar-refractivity contribution in [3.05, 3.63) is 65.2 Å². The molecule has 0 atom stereocenters. The van der Waals surface area contributed by atoms with Gasteiger partial charge in [0.25, 0.3) is 0 Å². The Balaban J connectivity index is 2.32. The molecule has 0 saturated heterocycles. The molecule has 0 aliphatic carbocycles. The lowest BCUT2D eigenvalue weighted by Gasteiger charge is -2.00. The SMILES string of the molecule is N#Cc1cccc(/C=C/c2ccccc2)c1O. The lowest BCUT2D eigenvalue weighted by molar-refractivity contribution is 0.472. The largest absolute Gasteiger partial charge is 0.506 e. The molecule has 0 amide bonds. The monoisotopic (exact) mass is 221 g/mol. The van der Waals surface area contributed by atoms with Gasteiger partial charge in [-0.15, -0.1) is 0 Å². The number of benzene rings is 2. The van der Waals surface area contributed by atoms with E-state index in [0.717, 1.165) is 5.56 Å². The van der Waals surface area contributed by atoms with Crippen molar-refractivity contribution in [2.45, 2.75) is 0 Å². The Morgan fingerprint density at radius 1 is 0.941 bits per heavy atom. The number of phenols is 1. The van der Waals surface area contributed by atoms with Gasteiger partial charge in [0, 0.05) is 5.56 Å². The van der Waals surface area contributed by atoms with Gasteiger partial charge in [0.1, 0.15) is 11.8 Å². The van der Waals surface area contributed by atoms with Crippen LogP contribution in [0.25, 0.3) is 12.2 Å². The predicted molar refractivity (Wildman–Crippen MR) is 68.2 cm³/mol. The summed E-state index contributed by atoms with van der Waals surface area (Å²) in [6.45, 7) is 0. The fourth-order valence-corrected chi connectivity index (χ4v) is 1.54. The molecule has 0 unspecified atom stereocenters. The van der Waals surface area contributed by atoms with Crippen LogP contribution in [0.15, 0.2) is 48.5 Å². The lowest BCUT2D eigenvalue weighted by Crippen LogP contribution is -1.80. The van der Waals surface area contributed by atoms with Crippen molar-refractivity contribution >= 4 is 12.2 Å². The summed E-state index contributed by atoms with van der Waals surface area (Å²) in [5, 5.41) is 18.6. The molecule has 0 fully saturated rings. The van der Waals surface area contributed by atoms with Crippen molar-refractivity contribution in [3.8, 4) is 11.8 Å². The maximum absolute atomic E-state index is 9.79. The third-order valence-corrected chi connectivity index (χ3v) is 2.44. The normalized spacial score (nSPS) is 10.3. The average Bonchev–Trinajstić information content (AvgIpc) is 2.39. The third kappa shape index (κ3) is 2.53. The van der Waals surface area contributed by atoms with Gasteiger partial charge in [0.05, 0.1) is 5.56 Å². The molecule has 2 rings (SSSR count). The van der Waals surface area contributed by atoms with Crippen LogP contribution in [0.5, 0.6) is 5.75 Å². The van der Waals surface area contributed by atoms with Crippen LogP contribution in [-0.2, 0) is 0 Å². The Hall–Kier alpha value is -2.53. The smallest absolute Gasteiger partial charge is 0.140 e. The van der Waals surface area contributed by atoms with Gasteiger partial charge >= 0.3 is 0 Å². The van der Waals surface area contributed by atoms with Gasteiger partial charge in [-0.25, -0.2) is 0 Å². The van der Waals surface area contributed by atoms with Crippen molar-refractivity contribution < 1.29 is 5.11 Å². The molecule has 0 saturated carbocycles. The Kier molecular flexibility index (Phi) is 3.23. The molecule has 17 heavy (non-hydrogen) atoms. The number of nitrogens with zero attached hydrogens (tertiary/aromatic N) is 1. The zero-order chi connectivity index (χ0) is 12.1. The summed E-state index contributed by atoms with van der Waals surface area (Å²) in [6, 6.07) is 16.9. The van der Waals surface area contributed by atoms with Crippen LogP contribution in [0.2, 0.25) is 0 Å². The van der Waals surface area contributed by atoms with Crippen LogP contribution in [0, 0.1) is 11.3 Å². The maximum atomic E-state index is 9.79. The van der Waals surface area contributed by atoms with Crippen LogP contribution in [0.1, 0.15) is 16.7 Å². The van der Waals surface area contributed by atoms with Crippen molar-refractivity contribution in [1.29, 1.82) is 5.26 Å².